The third-order valence-electron chi connectivity index (χ3n) is 0. The molecule has 0 atom stereocenters. The Kier molecular flexibility index (Phi) is 24.6. The normalized spacial score (nSPS) is 4.50. The SMILES string of the molecule is O.OB(O)O.[Be+2].[H-].[H-]. The van der Waals surface area contributed by atoms with Crippen LogP contribution in [-0.4, -0.2) is 38.0 Å². The van der Waals surface area contributed by atoms with Crippen molar-refractivity contribution in [2.24, 2.45) is 0 Å². The van der Waals surface area contributed by atoms with Crippen LogP contribution < -0.4 is 0 Å². The quantitative estimate of drug-likeness (QED) is 0.277. The number of hydrogen-bond acceptors (Lipinski definition) is 3. The van der Waals surface area contributed by atoms with Gasteiger partial charge in [-0.25, -0.2) is 0 Å². The molecule has 0 bridgehead atoms. The molecule has 4 nitrogen and oxygen atoms in total. The number of rotatable bonds is 0. The van der Waals surface area contributed by atoms with Gasteiger partial charge in [0.15, 0.2) is 0 Å². The molecule has 0 aromatic heterocycles. The molecule has 0 aromatic rings. The molecule has 5 N–H and O–H groups in total. The Morgan fingerprint density at radius 1 is 1.17 bits per heavy atom. The van der Waals surface area contributed by atoms with Gasteiger partial charge in [-0.3, -0.25) is 0 Å². The summed E-state index contributed by atoms with van der Waals surface area (Å²) in [6.45, 7) is 0. The van der Waals surface area contributed by atoms with Gasteiger partial charge in [-0.2, -0.15) is 0 Å². The van der Waals surface area contributed by atoms with E-state index >= 15 is 0 Å². The third kappa shape index (κ3) is 7070. The smallest absolute Gasteiger partial charge is 1.00 e. The minimum Gasteiger partial charge on any atom is -1.00 e. The van der Waals surface area contributed by atoms with Crippen LogP contribution >= 0.6 is 0 Å². The van der Waals surface area contributed by atoms with Crippen molar-refractivity contribution in [1.29, 1.82) is 0 Å². The van der Waals surface area contributed by atoms with Crippen molar-refractivity contribution < 1.29 is 23.4 Å². The van der Waals surface area contributed by atoms with E-state index in [0.29, 0.717) is 0 Å². The second kappa shape index (κ2) is 8.91. The fourth-order valence-electron chi connectivity index (χ4n) is 0. The molecule has 0 rings (SSSR count). The van der Waals surface area contributed by atoms with Crippen LogP contribution in [0.3, 0.4) is 0 Å². The van der Waals surface area contributed by atoms with Gasteiger partial charge in [0, 0.05) is 0 Å². The second-order valence-electron chi connectivity index (χ2n) is 0.346. The van der Waals surface area contributed by atoms with Gasteiger partial charge in [0.25, 0.3) is 0 Å². The van der Waals surface area contributed by atoms with Crippen molar-refractivity contribution in [1.82, 2.24) is 0 Å². The molecule has 36 valence electrons. The molecular weight excluding hydrogens is 83.8 g/mol. The Balaban J connectivity index is -0.00000000750. The van der Waals surface area contributed by atoms with Gasteiger partial charge in [0.05, 0.1) is 0 Å². The van der Waals surface area contributed by atoms with Gasteiger partial charge >= 0.3 is 17.4 Å². The van der Waals surface area contributed by atoms with Gasteiger partial charge in [0.2, 0.25) is 0 Å². The Morgan fingerprint density at radius 2 is 1.17 bits per heavy atom. The monoisotopic (exact) mass is 91.1 g/mol. The molecule has 0 heterocycles. The van der Waals surface area contributed by atoms with Crippen molar-refractivity contribution >= 4 is 17.4 Å². The predicted molar refractivity (Wildman–Crippen MR) is 24.0 cm³/mol. The van der Waals surface area contributed by atoms with Gasteiger partial charge in [-0.1, -0.05) is 0 Å². The van der Waals surface area contributed by atoms with Crippen LogP contribution in [0.2, 0.25) is 0 Å². The topological polar surface area (TPSA) is 92.2 Å². The molecule has 0 aliphatic heterocycles. The zero-order valence-electron chi connectivity index (χ0n) is 5.13. The summed E-state index contributed by atoms with van der Waals surface area (Å²) < 4.78 is 0. The summed E-state index contributed by atoms with van der Waals surface area (Å²) in [5, 5.41) is 21.5. The fourth-order valence-corrected chi connectivity index (χ4v) is 0. The van der Waals surface area contributed by atoms with Gasteiger partial charge < -0.3 is 23.4 Å². The van der Waals surface area contributed by atoms with E-state index in [2.05, 4.69) is 0 Å². The number of hydrogen-bond donors (Lipinski definition) is 3. The first-order valence-corrected chi connectivity index (χ1v) is 0.775. The largest absolute Gasteiger partial charge is 2.00 e. The summed E-state index contributed by atoms with van der Waals surface area (Å²) >= 11 is 0. The van der Waals surface area contributed by atoms with Crippen LogP contribution in [0, 0.1) is 0 Å². The molecule has 0 saturated carbocycles. The maximum absolute atomic E-state index is 7.17. The van der Waals surface area contributed by atoms with Crippen molar-refractivity contribution in [2.45, 2.75) is 0 Å². The van der Waals surface area contributed by atoms with E-state index in [1.165, 1.54) is 0 Å². The first-order chi connectivity index (χ1) is 1.73. The minimum absolute atomic E-state index is 0. The van der Waals surface area contributed by atoms with Crippen LogP contribution in [0.1, 0.15) is 2.85 Å². The van der Waals surface area contributed by atoms with Crippen molar-refractivity contribution in [3.05, 3.63) is 0 Å². The molecule has 0 aliphatic rings. The predicted octanol–water partition coefficient (Wildman–Crippen LogP) is -3.03. The Labute approximate surface area is 42.1 Å². The van der Waals surface area contributed by atoms with Crippen LogP contribution in [0.15, 0.2) is 0 Å². The Bertz CT molecular complexity index is 18.8. The molecule has 0 fully saturated rings. The van der Waals surface area contributed by atoms with E-state index in [4.69, 9.17) is 15.1 Å². The Hall–Kier alpha value is 0.0738. The van der Waals surface area contributed by atoms with Crippen molar-refractivity contribution in [3.8, 4) is 0 Å². The molecule has 0 saturated heterocycles. The molecule has 0 aliphatic carbocycles. The van der Waals surface area contributed by atoms with E-state index in [9.17, 15) is 0 Å². The standard InChI is InChI=1S/BH3O3.Be.H2O.2H/c2-1(3)4;;;;/h2-4H;;1H2;;/q;+2;;2*-1. The minimum atomic E-state index is -2.17. The van der Waals surface area contributed by atoms with Gasteiger partial charge in [-0.05, 0) is 0 Å². The third-order valence-corrected chi connectivity index (χ3v) is 0. The molecule has 0 spiro atoms. The van der Waals surface area contributed by atoms with E-state index < -0.39 is 7.32 Å². The first kappa shape index (κ1) is 16.5. The molecule has 0 radical (unpaired) electrons. The van der Waals surface area contributed by atoms with Gasteiger partial charge in [-0.15, -0.1) is 0 Å². The van der Waals surface area contributed by atoms with E-state index in [-0.39, 0.29) is 18.5 Å². The summed E-state index contributed by atoms with van der Waals surface area (Å²) in [5.41, 5.74) is 0. The zero-order valence-corrected chi connectivity index (χ0v) is 3.13. The molecule has 6 heteroatoms. The first-order valence-electron chi connectivity index (χ1n) is 0.775. The molecular formula is H7BBeO4. The summed E-state index contributed by atoms with van der Waals surface area (Å²) in [5.74, 6) is 0. The summed E-state index contributed by atoms with van der Waals surface area (Å²) in [6, 6.07) is 0. The average molecular weight is 90.9 g/mol. The van der Waals surface area contributed by atoms with Crippen LogP contribution in [0.5, 0.6) is 0 Å². The van der Waals surface area contributed by atoms with E-state index in [1.54, 1.807) is 0 Å². The molecule has 0 aromatic carbocycles. The van der Waals surface area contributed by atoms with Crippen LogP contribution in [0.25, 0.3) is 0 Å². The van der Waals surface area contributed by atoms with Crippen LogP contribution in [-0.2, 0) is 0 Å². The Morgan fingerprint density at radius 3 is 1.17 bits per heavy atom. The van der Waals surface area contributed by atoms with E-state index in [0.717, 1.165) is 0 Å². The van der Waals surface area contributed by atoms with Crippen LogP contribution in [0.4, 0.5) is 0 Å². The maximum atomic E-state index is 7.17. The zero-order chi connectivity index (χ0) is 3.58. The van der Waals surface area contributed by atoms with Crippen molar-refractivity contribution in [3.63, 3.8) is 0 Å². The summed E-state index contributed by atoms with van der Waals surface area (Å²) in [7, 11) is -2.17. The van der Waals surface area contributed by atoms with Gasteiger partial charge in [0.1, 0.15) is 0 Å². The maximum Gasteiger partial charge on any atom is 2.00 e. The fraction of sp³-hybridized carbons (Fsp3) is 0. The van der Waals surface area contributed by atoms with E-state index in [1.807, 2.05) is 0 Å². The summed E-state index contributed by atoms with van der Waals surface area (Å²) in [6.07, 6.45) is 0. The summed E-state index contributed by atoms with van der Waals surface area (Å²) in [4.78, 5) is 0. The molecule has 0 unspecified atom stereocenters. The molecule has 6 heavy (non-hydrogen) atoms. The second-order valence-corrected chi connectivity index (χ2v) is 0.346. The average Bonchev–Trinajstić information content (AvgIpc) is 0.811. The van der Waals surface area contributed by atoms with Crippen molar-refractivity contribution in [2.75, 3.05) is 0 Å². The molecule has 0 amide bonds.